The molecule has 3 nitrogen and oxygen atoms in total. The molecule has 0 saturated carbocycles. The summed E-state index contributed by atoms with van der Waals surface area (Å²) >= 11 is 0. The molecule has 0 bridgehead atoms. The van der Waals surface area contributed by atoms with Crippen LogP contribution in [0, 0.1) is 0 Å². The zero-order valence-corrected chi connectivity index (χ0v) is 10.4. The summed E-state index contributed by atoms with van der Waals surface area (Å²) in [5, 5.41) is 9.85. The second kappa shape index (κ2) is 6.61. The van der Waals surface area contributed by atoms with E-state index in [-0.39, 0.29) is 12.1 Å². The van der Waals surface area contributed by atoms with Gasteiger partial charge in [-0.25, -0.2) is 0 Å². The largest absolute Gasteiger partial charge is 0.392 e. The average molecular weight is 222 g/mol. The minimum absolute atomic E-state index is 0.197. The molecule has 2 unspecified atom stereocenters. The Hall–Kier alpha value is -0.930. The first kappa shape index (κ1) is 13.1. The fourth-order valence-corrected chi connectivity index (χ4v) is 1.85. The van der Waals surface area contributed by atoms with E-state index in [1.54, 1.807) is 0 Å². The average Bonchev–Trinajstić information content (AvgIpc) is 2.35. The van der Waals surface area contributed by atoms with Gasteiger partial charge in [-0.1, -0.05) is 13.8 Å². The van der Waals surface area contributed by atoms with Crippen molar-refractivity contribution in [3.8, 4) is 0 Å². The van der Waals surface area contributed by atoms with Gasteiger partial charge in [0.1, 0.15) is 0 Å². The summed E-state index contributed by atoms with van der Waals surface area (Å²) in [5.74, 6) is 0. The lowest BCUT2D eigenvalue weighted by Gasteiger charge is -2.31. The Morgan fingerprint density at radius 1 is 1.31 bits per heavy atom. The van der Waals surface area contributed by atoms with Crippen LogP contribution in [0.1, 0.15) is 32.8 Å². The van der Waals surface area contributed by atoms with Gasteiger partial charge < -0.3 is 5.11 Å². The van der Waals surface area contributed by atoms with Gasteiger partial charge in [-0.15, -0.1) is 0 Å². The van der Waals surface area contributed by atoms with Crippen molar-refractivity contribution in [3.05, 3.63) is 30.1 Å². The lowest BCUT2D eigenvalue weighted by Crippen LogP contribution is -2.40. The molecular weight excluding hydrogens is 200 g/mol. The summed E-state index contributed by atoms with van der Waals surface area (Å²) in [7, 11) is 0. The highest BCUT2D eigenvalue weighted by atomic mass is 16.3. The molecule has 90 valence electrons. The van der Waals surface area contributed by atoms with Crippen LogP contribution in [0.5, 0.6) is 0 Å². The van der Waals surface area contributed by atoms with E-state index in [2.05, 4.69) is 23.7 Å². The van der Waals surface area contributed by atoms with E-state index in [4.69, 9.17) is 0 Å². The Labute approximate surface area is 98.1 Å². The lowest BCUT2D eigenvalue weighted by molar-refractivity contribution is 0.0545. The molecule has 0 aliphatic heterocycles. The molecule has 0 saturated heterocycles. The summed E-state index contributed by atoms with van der Waals surface area (Å²) in [6.45, 7) is 8.04. The van der Waals surface area contributed by atoms with Crippen molar-refractivity contribution in [1.82, 2.24) is 9.88 Å². The zero-order chi connectivity index (χ0) is 12.0. The van der Waals surface area contributed by atoms with Crippen molar-refractivity contribution in [2.75, 3.05) is 6.54 Å². The SMILES string of the molecule is CCC(O)C(C)N(CC)Cc1ccncc1. The Morgan fingerprint density at radius 2 is 1.94 bits per heavy atom. The molecule has 0 spiro atoms. The second-order valence-corrected chi connectivity index (χ2v) is 4.13. The standard InChI is InChI=1S/C13H22N2O/c1-4-13(16)11(3)15(5-2)10-12-6-8-14-9-7-12/h6-9,11,13,16H,4-5,10H2,1-3H3. The second-order valence-electron chi connectivity index (χ2n) is 4.13. The van der Waals surface area contributed by atoms with E-state index in [1.165, 1.54) is 5.56 Å². The predicted octanol–water partition coefficient (Wildman–Crippen LogP) is 2.06. The fraction of sp³-hybridized carbons (Fsp3) is 0.615. The van der Waals surface area contributed by atoms with Gasteiger partial charge >= 0.3 is 0 Å². The van der Waals surface area contributed by atoms with Gasteiger partial charge in [-0.05, 0) is 37.6 Å². The number of aliphatic hydroxyl groups is 1. The number of pyridine rings is 1. The third kappa shape index (κ3) is 3.58. The number of hydrogen-bond acceptors (Lipinski definition) is 3. The highest BCUT2D eigenvalue weighted by Crippen LogP contribution is 2.11. The fourth-order valence-electron chi connectivity index (χ4n) is 1.85. The highest BCUT2D eigenvalue weighted by Gasteiger charge is 2.18. The quantitative estimate of drug-likeness (QED) is 0.800. The van der Waals surface area contributed by atoms with Crippen molar-refractivity contribution in [3.63, 3.8) is 0 Å². The van der Waals surface area contributed by atoms with Crippen molar-refractivity contribution < 1.29 is 5.11 Å². The van der Waals surface area contributed by atoms with Crippen LogP contribution in [0.25, 0.3) is 0 Å². The van der Waals surface area contributed by atoms with E-state index < -0.39 is 0 Å². The third-order valence-electron chi connectivity index (χ3n) is 3.09. The molecule has 3 heteroatoms. The molecule has 1 rings (SSSR count). The van der Waals surface area contributed by atoms with Crippen molar-refractivity contribution in [1.29, 1.82) is 0 Å². The molecule has 16 heavy (non-hydrogen) atoms. The van der Waals surface area contributed by atoms with Gasteiger partial charge in [0.05, 0.1) is 6.10 Å². The monoisotopic (exact) mass is 222 g/mol. The zero-order valence-electron chi connectivity index (χ0n) is 10.4. The van der Waals surface area contributed by atoms with Crippen LogP contribution in [-0.4, -0.2) is 33.7 Å². The summed E-state index contributed by atoms with van der Waals surface area (Å²) in [5.41, 5.74) is 1.24. The van der Waals surface area contributed by atoms with Gasteiger partial charge in [0, 0.05) is 25.0 Å². The maximum atomic E-state index is 9.85. The van der Waals surface area contributed by atoms with Crippen LogP contribution in [0.2, 0.25) is 0 Å². The van der Waals surface area contributed by atoms with Crippen LogP contribution >= 0.6 is 0 Å². The van der Waals surface area contributed by atoms with E-state index in [0.717, 1.165) is 19.5 Å². The Morgan fingerprint density at radius 3 is 2.44 bits per heavy atom. The molecule has 2 atom stereocenters. The minimum Gasteiger partial charge on any atom is -0.392 e. The van der Waals surface area contributed by atoms with Crippen molar-refractivity contribution >= 4 is 0 Å². The van der Waals surface area contributed by atoms with Gasteiger partial charge in [-0.2, -0.15) is 0 Å². The predicted molar refractivity (Wildman–Crippen MR) is 66.1 cm³/mol. The van der Waals surface area contributed by atoms with Crippen LogP contribution in [0.15, 0.2) is 24.5 Å². The maximum Gasteiger partial charge on any atom is 0.0690 e. The molecule has 0 fully saturated rings. The van der Waals surface area contributed by atoms with Gasteiger partial charge in [-0.3, -0.25) is 9.88 Å². The molecule has 1 N–H and O–H groups in total. The molecule has 1 aromatic heterocycles. The van der Waals surface area contributed by atoms with E-state index in [0.29, 0.717) is 0 Å². The van der Waals surface area contributed by atoms with Crippen LogP contribution < -0.4 is 0 Å². The number of nitrogens with zero attached hydrogens (tertiary/aromatic N) is 2. The Balaban J connectivity index is 2.62. The van der Waals surface area contributed by atoms with Crippen LogP contribution in [-0.2, 0) is 6.54 Å². The van der Waals surface area contributed by atoms with Gasteiger partial charge in [0.25, 0.3) is 0 Å². The van der Waals surface area contributed by atoms with Gasteiger partial charge in [0.2, 0.25) is 0 Å². The molecule has 1 aromatic rings. The smallest absolute Gasteiger partial charge is 0.0690 e. The van der Waals surface area contributed by atoms with Gasteiger partial charge in [0.15, 0.2) is 0 Å². The first-order valence-electron chi connectivity index (χ1n) is 6.00. The topological polar surface area (TPSA) is 36.4 Å². The molecule has 0 aliphatic carbocycles. The maximum absolute atomic E-state index is 9.85. The van der Waals surface area contributed by atoms with Crippen molar-refractivity contribution in [2.24, 2.45) is 0 Å². The molecule has 0 radical (unpaired) electrons. The van der Waals surface area contributed by atoms with E-state index in [9.17, 15) is 5.11 Å². The molecule has 0 aliphatic rings. The normalized spacial score (nSPS) is 15.1. The summed E-state index contributed by atoms with van der Waals surface area (Å²) in [6.07, 6.45) is 4.17. The first-order chi connectivity index (χ1) is 7.69. The summed E-state index contributed by atoms with van der Waals surface area (Å²) in [4.78, 5) is 6.29. The highest BCUT2D eigenvalue weighted by molar-refractivity contribution is 5.09. The molecule has 1 heterocycles. The first-order valence-corrected chi connectivity index (χ1v) is 6.00. The Bertz CT molecular complexity index is 289. The van der Waals surface area contributed by atoms with Crippen LogP contribution in [0.4, 0.5) is 0 Å². The number of rotatable bonds is 6. The van der Waals surface area contributed by atoms with Crippen LogP contribution in [0.3, 0.4) is 0 Å². The minimum atomic E-state index is -0.248. The molecular formula is C13H22N2O. The number of aromatic nitrogens is 1. The van der Waals surface area contributed by atoms with E-state index >= 15 is 0 Å². The molecule has 0 amide bonds. The number of aliphatic hydroxyl groups excluding tert-OH is 1. The number of hydrogen-bond donors (Lipinski definition) is 1. The third-order valence-corrected chi connectivity index (χ3v) is 3.09. The molecule has 0 aromatic carbocycles. The summed E-state index contributed by atoms with van der Waals surface area (Å²) in [6, 6.07) is 4.24. The van der Waals surface area contributed by atoms with E-state index in [1.807, 2.05) is 31.5 Å². The number of likely N-dealkylation sites (N-methyl/N-ethyl adjacent to an activating group) is 1. The summed E-state index contributed by atoms with van der Waals surface area (Å²) < 4.78 is 0. The van der Waals surface area contributed by atoms with Crippen molar-refractivity contribution in [2.45, 2.75) is 45.9 Å². The Kier molecular flexibility index (Phi) is 5.43. The lowest BCUT2D eigenvalue weighted by atomic mass is 10.1.